The number of nitrogens with one attached hydrogen (secondary N) is 2. The van der Waals surface area contributed by atoms with Gasteiger partial charge in [-0.25, -0.2) is 0 Å². The zero-order valence-corrected chi connectivity index (χ0v) is 61.6. The van der Waals surface area contributed by atoms with E-state index < -0.39 is 58.3 Å². The maximum absolute atomic E-state index is 13.3. The van der Waals surface area contributed by atoms with Gasteiger partial charge in [0.2, 0.25) is 35.3 Å². The first-order valence-corrected chi connectivity index (χ1v) is 36.3. The van der Waals surface area contributed by atoms with Crippen LogP contribution in [0, 0.1) is 23.2 Å². The van der Waals surface area contributed by atoms with E-state index in [1.165, 1.54) is 28.4 Å². The van der Waals surface area contributed by atoms with Crippen LogP contribution >= 0.6 is 0 Å². The highest BCUT2D eigenvalue weighted by Crippen LogP contribution is 2.71. The van der Waals surface area contributed by atoms with E-state index in [1.807, 2.05) is 84.9 Å². The van der Waals surface area contributed by atoms with Gasteiger partial charge in [0.25, 0.3) is 0 Å². The molecule has 108 heavy (non-hydrogen) atoms. The average molecular weight is 1500 g/mol. The van der Waals surface area contributed by atoms with E-state index in [0.717, 1.165) is 16.7 Å². The molecule has 4 aromatic carbocycles. The van der Waals surface area contributed by atoms with Crippen LogP contribution in [0.4, 0.5) is 0 Å². The number of aliphatic imine (C=N–C) groups is 1. The number of pyridine rings is 2. The van der Waals surface area contributed by atoms with Gasteiger partial charge in [-0.2, -0.15) is 15.2 Å². The summed E-state index contributed by atoms with van der Waals surface area (Å²) < 4.78 is 97.9. The van der Waals surface area contributed by atoms with Crippen molar-refractivity contribution >= 4 is 18.5 Å². The molecule has 10 rings (SSSR count). The third-order valence-electron chi connectivity index (χ3n) is 19.7. The van der Waals surface area contributed by atoms with Crippen molar-refractivity contribution in [3.63, 3.8) is 0 Å². The van der Waals surface area contributed by atoms with Crippen molar-refractivity contribution in [2.45, 2.75) is 65.8 Å². The highest BCUT2D eigenvalue weighted by atomic mass is 16.6. The number of ether oxygens (including phenoxy) is 17. The topological polar surface area (TPSA) is 358 Å². The molecule has 2 saturated carbocycles. The second-order valence-electron chi connectivity index (χ2n) is 25.9. The van der Waals surface area contributed by atoms with Gasteiger partial charge in [-0.3, -0.25) is 14.6 Å². The summed E-state index contributed by atoms with van der Waals surface area (Å²) in [7, 11) is 5.74. The molecule has 0 bridgehead atoms. The molecule has 2 aliphatic carbocycles. The smallest absolute Gasteiger partial charge is 0.226 e. The molecule has 0 spiro atoms. The van der Waals surface area contributed by atoms with Crippen LogP contribution in [0.15, 0.2) is 126 Å². The summed E-state index contributed by atoms with van der Waals surface area (Å²) in [6.45, 7) is 11.7. The van der Waals surface area contributed by atoms with Crippen LogP contribution in [0.2, 0.25) is 0 Å². The Morgan fingerprint density at radius 2 is 0.787 bits per heavy atom. The number of aliphatic hydroxyl groups is 4. The fourth-order valence-electron chi connectivity index (χ4n) is 14.8. The number of methoxy groups -OCH3 is 4. The first-order valence-electron chi connectivity index (χ1n) is 36.3. The van der Waals surface area contributed by atoms with Crippen molar-refractivity contribution < 1.29 is 111 Å². The van der Waals surface area contributed by atoms with Gasteiger partial charge in [0.05, 0.1) is 215 Å². The minimum Gasteiger partial charge on any atom is -0.481 e. The summed E-state index contributed by atoms with van der Waals surface area (Å²) in [6, 6.07) is 38.3. The normalized spacial score (nSPS) is 22.8. The maximum atomic E-state index is 13.3. The maximum Gasteiger partial charge on any atom is 0.226 e. The molecule has 6 aromatic rings. The lowest BCUT2D eigenvalue weighted by molar-refractivity contribution is -0.152. The number of nitrogens with zero attached hydrogens (tertiary/aromatic N) is 4. The van der Waals surface area contributed by atoms with Gasteiger partial charge in [-0.15, -0.1) is 0 Å². The summed E-state index contributed by atoms with van der Waals surface area (Å²) in [5.41, 5.74) is -3.29. The van der Waals surface area contributed by atoms with E-state index in [2.05, 4.69) is 38.4 Å². The predicted molar refractivity (Wildman–Crippen MR) is 390 cm³/mol. The summed E-state index contributed by atoms with van der Waals surface area (Å²) in [5.74, 6) is -2.68. The Labute approximate surface area is 628 Å². The number of hydrogen-bond donors (Lipinski definition) is 6. The van der Waals surface area contributed by atoms with E-state index in [4.69, 9.17) is 80.5 Å². The second-order valence-corrected chi connectivity index (χ2v) is 25.9. The Morgan fingerprint density at radius 3 is 1.08 bits per heavy atom. The molecule has 584 valence electrons. The monoisotopic (exact) mass is 1500 g/mol. The molecule has 0 unspecified atom stereocenters. The molecule has 4 heterocycles. The molecule has 2 amide bonds. The van der Waals surface area contributed by atoms with E-state index in [1.54, 1.807) is 36.4 Å². The number of benzene rings is 4. The molecule has 29 nitrogen and oxygen atoms in total. The fourth-order valence-corrected chi connectivity index (χ4v) is 14.8. The Kier molecular flexibility index (Phi) is 31.0. The Bertz CT molecular complexity index is 3830. The van der Waals surface area contributed by atoms with Crippen LogP contribution in [0.1, 0.15) is 69.2 Å². The van der Waals surface area contributed by atoms with Crippen LogP contribution in [0.25, 0.3) is 0 Å². The summed E-state index contributed by atoms with van der Waals surface area (Å²) in [5, 5.41) is 66.8. The van der Waals surface area contributed by atoms with Crippen LogP contribution in [0.3, 0.4) is 0 Å². The van der Waals surface area contributed by atoms with E-state index in [9.17, 15) is 35.3 Å². The highest BCUT2D eigenvalue weighted by Gasteiger charge is 2.78. The third kappa shape index (κ3) is 18.7. The van der Waals surface area contributed by atoms with Gasteiger partial charge in [0.15, 0.2) is 22.4 Å². The lowest BCUT2D eigenvalue weighted by Crippen LogP contribution is -2.52. The van der Waals surface area contributed by atoms with Gasteiger partial charge in [-0.1, -0.05) is 97.1 Å². The van der Waals surface area contributed by atoms with Gasteiger partial charge in [-0.05, 0) is 46.7 Å². The van der Waals surface area contributed by atoms with Gasteiger partial charge in [0, 0.05) is 61.7 Å². The molecular formula is C79H100N6O23. The number of amides is 2. The van der Waals surface area contributed by atoms with Crippen LogP contribution in [-0.2, 0) is 90.6 Å². The highest BCUT2D eigenvalue weighted by molar-refractivity contribution is 5.76. The number of hydrogen-bond acceptors (Lipinski definition) is 27. The zero-order valence-electron chi connectivity index (χ0n) is 61.6. The summed E-state index contributed by atoms with van der Waals surface area (Å²) >= 11 is 0. The van der Waals surface area contributed by atoms with E-state index in [0.29, 0.717) is 142 Å². The summed E-state index contributed by atoms with van der Waals surface area (Å²) in [6.07, 6.45) is -2.88. The molecule has 10 atom stereocenters. The Morgan fingerprint density at radius 1 is 0.472 bits per heavy atom. The molecule has 29 heteroatoms. The number of rotatable bonds is 50. The molecular weight excluding hydrogens is 1400 g/mol. The molecule has 4 aliphatic rings. The van der Waals surface area contributed by atoms with Gasteiger partial charge < -0.3 is 112 Å². The van der Waals surface area contributed by atoms with Crippen molar-refractivity contribution in [2.75, 3.05) is 187 Å². The molecule has 2 aliphatic heterocycles. The van der Waals surface area contributed by atoms with Crippen LogP contribution in [-0.4, -0.2) is 248 Å². The Balaban J connectivity index is 0.492. The molecule has 2 aromatic heterocycles. The van der Waals surface area contributed by atoms with E-state index >= 15 is 0 Å². The standard InChI is InChI=1S/C79H100N6O23/c1-81-51-55-18-22-59(23-19-55)79-69(57-14-10-7-11-15-57)61(73(89)77(79,91)71-63(108-79)49-67(93-3)85-75(71)95-5)53-83-65(87)25-27-97-29-31-99-33-35-101-37-39-103-41-43-105-45-47-106-46-44-104-42-40-102-38-36-100-34-32-98-30-28-96-26-24-64(86)82-52-60-68(56-12-8-6-9-13-56)78(58-20-16-54(50-80)17-21-58)76(90,72(60)88)70-62(107-78)48-66(92-2)84-74(70)94-4/h6-23,48-49,60-61,68-69,72-73,88-91H,1,24-47,51-53H2,2-5H3,(H,82,86)(H,83,87)/t60-,61-,68-,69-,72-,73-,76+,77+,78+,79+/m1/s1. The van der Waals surface area contributed by atoms with Crippen LogP contribution in [0.5, 0.6) is 35.0 Å². The predicted octanol–water partition coefficient (Wildman–Crippen LogP) is 4.98. The number of carbonyl (C=O) groups is 2. The minimum absolute atomic E-state index is 0.00284. The third-order valence-corrected chi connectivity index (χ3v) is 19.7. The lowest BCUT2D eigenvalue weighted by Gasteiger charge is -2.41. The number of aliphatic hydroxyl groups excluding tert-OH is 2. The molecule has 0 saturated heterocycles. The molecule has 0 radical (unpaired) electrons. The zero-order chi connectivity index (χ0) is 76.2. The van der Waals surface area contributed by atoms with Crippen molar-refractivity contribution in [3.8, 4) is 41.1 Å². The SMILES string of the molecule is C=NCc1ccc([C@@]23Oc4cc(OC)nc(OC)c4[C@]2(O)[C@H](O)[C@H](CNC(=O)CCOCCOCCOCCOCCOCCOCCOCCOCCOCCOCCOCCC(=O)NC[C@H]2[C@@H](O)[C@@]4(O)c5c(cc(OC)nc5OC)O[C@@]4(c4ccc(C#N)cc4)[C@@H]2c2ccccc2)[C@H]3c2ccccc2)cc1. The van der Waals surface area contributed by atoms with Crippen molar-refractivity contribution in [2.24, 2.45) is 16.8 Å². The average Bonchev–Trinajstić information content (AvgIpc) is 1.50. The quantitative estimate of drug-likeness (QED) is 0.0217. The van der Waals surface area contributed by atoms with Gasteiger partial charge in [0.1, 0.15) is 11.5 Å². The second kappa shape index (κ2) is 40.8. The Hall–Kier alpha value is -8.52. The number of fused-ring (bicyclic) bond motifs is 6. The molecule has 2 fully saturated rings. The van der Waals surface area contributed by atoms with Crippen molar-refractivity contribution in [3.05, 3.63) is 166 Å². The number of nitriles is 1. The van der Waals surface area contributed by atoms with E-state index in [-0.39, 0.29) is 110 Å². The summed E-state index contributed by atoms with van der Waals surface area (Å²) in [4.78, 5) is 39.6. The van der Waals surface area contributed by atoms with Crippen LogP contribution < -0.4 is 39.1 Å². The first kappa shape index (κ1) is 82.0. The number of carbonyl (C=O) groups excluding carboxylic acids is 2. The van der Waals surface area contributed by atoms with Crippen molar-refractivity contribution in [1.82, 2.24) is 20.6 Å². The minimum atomic E-state index is -2.14. The lowest BCUT2D eigenvalue weighted by atomic mass is 9.70. The van der Waals surface area contributed by atoms with Crippen molar-refractivity contribution in [1.29, 1.82) is 5.26 Å². The molecule has 6 N–H and O–H groups in total. The first-order chi connectivity index (χ1) is 52.8. The number of aromatic nitrogens is 2. The fraction of sp³-hybridized carbons (Fsp3) is 0.519. The largest absolute Gasteiger partial charge is 0.481 e. The van der Waals surface area contributed by atoms with Gasteiger partial charge >= 0.3 is 0 Å².